The van der Waals surface area contributed by atoms with Crippen molar-refractivity contribution < 1.29 is 19.1 Å². The molecule has 3 aromatic rings. The van der Waals surface area contributed by atoms with Gasteiger partial charge in [-0.2, -0.15) is 0 Å². The quantitative estimate of drug-likeness (QED) is 0.216. The van der Waals surface area contributed by atoms with Gasteiger partial charge < -0.3 is 10.1 Å². The average Bonchev–Trinajstić information content (AvgIpc) is 3.06. The van der Waals surface area contributed by atoms with Crippen LogP contribution in [0.1, 0.15) is 22.8 Å². The van der Waals surface area contributed by atoms with E-state index in [0.29, 0.717) is 5.69 Å². The molecule has 1 heterocycles. The highest BCUT2D eigenvalue weighted by atomic mass is 127. The van der Waals surface area contributed by atoms with E-state index in [4.69, 9.17) is 4.74 Å². The summed E-state index contributed by atoms with van der Waals surface area (Å²) in [6.45, 7) is 3.87. The fraction of sp³-hybridized carbons (Fsp3) is 0.115. The standard InChI is InChI=1S/C26H21IN2O4S/c1-3-33-26(32)20-6-4-5-7-21(20)29-24(30)22(28-18-12-10-17(27)11-13-18)23(25(29)31)34-19-14-8-16(2)9-15-19/h4-15,28H,3H2,1-2H3. The largest absolute Gasteiger partial charge is 0.462 e. The molecule has 0 aliphatic carbocycles. The molecule has 34 heavy (non-hydrogen) atoms. The Bertz CT molecular complexity index is 1220. The molecular weight excluding hydrogens is 563 g/mol. The maximum absolute atomic E-state index is 13.6. The van der Waals surface area contributed by atoms with Crippen molar-refractivity contribution in [3.63, 3.8) is 0 Å². The number of benzene rings is 3. The minimum atomic E-state index is -0.592. The van der Waals surface area contributed by atoms with Gasteiger partial charge in [0, 0.05) is 14.2 Å². The van der Waals surface area contributed by atoms with Gasteiger partial charge in [-0.1, -0.05) is 41.6 Å². The summed E-state index contributed by atoms with van der Waals surface area (Å²) in [7, 11) is 0. The molecular formula is C26H21IN2O4S. The highest BCUT2D eigenvalue weighted by molar-refractivity contribution is 14.1. The van der Waals surface area contributed by atoms with E-state index >= 15 is 0 Å². The predicted molar refractivity (Wildman–Crippen MR) is 142 cm³/mol. The van der Waals surface area contributed by atoms with Gasteiger partial charge in [-0.25, -0.2) is 9.69 Å². The van der Waals surface area contributed by atoms with E-state index in [1.807, 2.05) is 55.5 Å². The van der Waals surface area contributed by atoms with Gasteiger partial charge in [0.05, 0.1) is 17.9 Å². The topological polar surface area (TPSA) is 75.7 Å². The summed E-state index contributed by atoms with van der Waals surface area (Å²) < 4.78 is 6.19. The van der Waals surface area contributed by atoms with Gasteiger partial charge in [0.2, 0.25) is 0 Å². The van der Waals surface area contributed by atoms with Crippen molar-refractivity contribution in [2.24, 2.45) is 0 Å². The number of imide groups is 1. The first kappa shape index (κ1) is 24.0. The first-order chi connectivity index (χ1) is 16.4. The molecule has 0 spiro atoms. The van der Waals surface area contributed by atoms with Crippen molar-refractivity contribution in [2.45, 2.75) is 18.7 Å². The van der Waals surface area contributed by atoms with Crippen molar-refractivity contribution >= 4 is 63.5 Å². The zero-order valence-corrected chi connectivity index (χ0v) is 21.5. The molecule has 2 amide bonds. The number of nitrogens with one attached hydrogen (secondary N) is 1. The maximum atomic E-state index is 13.6. The van der Waals surface area contributed by atoms with E-state index < -0.39 is 17.8 Å². The van der Waals surface area contributed by atoms with Gasteiger partial charge in [0.1, 0.15) is 10.6 Å². The van der Waals surface area contributed by atoms with Crippen LogP contribution in [0, 0.1) is 10.5 Å². The minimum absolute atomic E-state index is 0.154. The third kappa shape index (κ3) is 5.02. The number of esters is 1. The van der Waals surface area contributed by atoms with Crippen molar-refractivity contribution in [2.75, 3.05) is 16.8 Å². The van der Waals surface area contributed by atoms with E-state index in [0.717, 1.165) is 18.9 Å². The van der Waals surface area contributed by atoms with Crippen LogP contribution < -0.4 is 10.2 Å². The molecule has 8 heteroatoms. The summed E-state index contributed by atoms with van der Waals surface area (Å²) in [5, 5.41) is 3.13. The lowest BCUT2D eigenvalue weighted by Gasteiger charge is -2.18. The van der Waals surface area contributed by atoms with Crippen LogP contribution in [0.4, 0.5) is 11.4 Å². The highest BCUT2D eigenvalue weighted by Gasteiger charge is 2.41. The summed E-state index contributed by atoms with van der Waals surface area (Å²) in [5.74, 6) is -1.62. The number of nitrogens with zero attached hydrogens (tertiary/aromatic N) is 1. The normalized spacial score (nSPS) is 13.4. The van der Waals surface area contributed by atoms with Crippen LogP contribution in [0.15, 0.2) is 88.3 Å². The Hall–Kier alpha value is -3.11. The number of para-hydroxylation sites is 1. The smallest absolute Gasteiger partial charge is 0.340 e. The fourth-order valence-corrected chi connectivity index (χ4v) is 4.67. The molecule has 0 unspecified atom stereocenters. The molecule has 6 nitrogen and oxygen atoms in total. The Labute approximate surface area is 215 Å². The second kappa shape index (κ2) is 10.4. The van der Waals surface area contributed by atoms with Crippen LogP contribution in [0.3, 0.4) is 0 Å². The number of thioether (sulfide) groups is 1. The van der Waals surface area contributed by atoms with E-state index in [-0.39, 0.29) is 28.5 Å². The van der Waals surface area contributed by atoms with Crippen LogP contribution in [0.2, 0.25) is 0 Å². The van der Waals surface area contributed by atoms with Gasteiger partial charge in [-0.05, 0) is 85.0 Å². The van der Waals surface area contributed by atoms with Crippen LogP contribution in [-0.4, -0.2) is 24.4 Å². The van der Waals surface area contributed by atoms with Gasteiger partial charge >= 0.3 is 5.97 Å². The predicted octanol–water partition coefficient (Wildman–Crippen LogP) is 5.77. The van der Waals surface area contributed by atoms with Crippen LogP contribution >= 0.6 is 34.4 Å². The summed E-state index contributed by atoms with van der Waals surface area (Å²) in [6.07, 6.45) is 0. The molecule has 0 bridgehead atoms. The Morgan fingerprint density at radius 1 is 0.971 bits per heavy atom. The highest BCUT2D eigenvalue weighted by Crippen LogP contribution is 2.39. The first-order valence-corrected chi connectivity index (χ1v) is 12.4. The first-order valence-electron chi connectivity index (χ1n) is 10.6. The number of amides is 2. The molecule has 172 valence electrons. The summed E-state index contributed by atoms with van der Waals surface area (Å²) in [6, 6.07) is 21.7. The van der Waals surface area contributed by atoms with Crippen molar-refractivity contribution in [3.8, 4) is 0 Å². The Balaban J connectivity index is 1.76. The Morgan fingerprint density at radius 3 is 2.32 bits per heavy atom. The zero-order chi connectivity index (χ0) is 24.2. The van der Waals surface area contributed by atoms with Crippen LogP contribution in [0.25, 0.3) is 0 Å². The number of aryl methyl sites for hydroxylation is 1. The van der Waals surface area contributed by atoms with E-state index in [1.165, 1.54) is 11.8 Å². The van der Waals surface area contributed by atoms with E-state index in [1.54, 1.807) is 31.2 Å². The molecule has 4 rings (SSSR count). The number of hydrogen-bond acceptors (Lipinski definition) is 6. The molecule has 0 atom stereocenters. The zero-order valence-electron chi connectivity index (χ0n) is 18.5. The molecule has 1 aliphatic rings. The molecule has 0 aromatic heterocycles. The third-order valence-electron chi connectivity index (χ3n) is 5.04. The Morgan fingerprint density at radius 2 is 1.65 bits per heavy atom. The molecule has 0 radical (unpaired) electrons. The maximum Gasteiger partial charge on any atom is 0.340 e. The monoisotopic (exact) mass is 584 g/mol. The molecule has 1 aliphatic heterocycles. The fourth-order valence-electron chi connectivity index (χ4n) is 3.39. The number of halogens is 1. The van der Waals surface area contributed by atoms with Crippen LogP contribution in [0.5, 0.6) is 0 Å². The number of hydrogen-bond donors (Lipinski definition) is 1. The van der Waals surface area contributed by atoms with E-state index in [2.05, 4.69) is 27.9 Å². The lowest BCUT2D eigenvalue weighted by Crippen LogP contribution is -2.33. The average molecular weight is 584 g/mol. The number of carbonyl (C=O) groups excluding carboxylic acids is 3. The van der Waals surface area contributed by atoms with Gasteiger partial charge in [-0.15, -0.1) is 0 Å². The van der Waals surface area contributed by atoms with Crippen molar-refractivity contribution in [3.05, 3.63) is 98.1 Å². The Kier molecular flexibility index (Phi) is 7.38. The third-order valence-corrected chi connectivity index (χ3v) is 6.85. The van der Waals surface area contributed by atoms with Crippen molar-refractivity contribution in [1.29, 1.82) is 0 Å². The number of anilines is 2. The summed E-state index contributed by atoms with van der Waals surface area (Å²) in [5.41, 5.74) is 2.28. The number of ether oxygens (including phenoxy) is 1. The van der Waals surface area contributed by atoms with Crippen LogP contribution in [-0.2, 0) is 14.3 Å². The molecule has 0 fully saturated rings. The molecule has 0 saturated carbocycles. The van der Waals surface area contributed by atoms with Gasteiger partial charge in [0.25, 0.3) is 11.8 Å². The second-order valence-electron chi connectivity index (χ2n) is 7.43. The van der Waals surface area contributed by atoms with Gasteiger partial charge in [-0.3, -0.25) is 9.59 Å². The summed E-state index contributed by atoms with van der Waals surface area (Å²) in [4.78, 5) is 41.9. The lowest BCUT2D eigenvalue weighted by atomic mass is 10.1. The SMILES string of the molecule is CCOC(=O)c1ccccc1N1C(=O)C(Nc2ccc(I)cc2)=C(Sc2ccc(C)cc2)C1=O. The lowest BCUT2D eigenvalue weighted by molar-refractivity contribution is -0.120. The van der Waals surface area contributed by atoms with E-state index in [9.17, 15) is 14.4 Å². The molecule has 1 N–H and O–H groups in total. The summed E-state index contributed by atoms with van der Waals surface area (Å²) >= 11 is 3.41. The number of rotatable bonds is 7. The van der Waals surface area contributed by atoms with Crippen molar-refractivity contribution in [1.82, 2.24) is 0 Å². The minimum Gasteiger partial charge on any atom is -0.462 e. The van der Waals surface area contributed by atoms with Gasteiger partial charge in [0.15, 0.2) is 0 Å². The second-order valence-corrected chi connectivity index (χ2v) is 9.76. The number of carbonyl (C=O) groups is 3. The molecule has 3 aromatic carbocycles. The molecule has 0 saturated heterocycles.